The molecule has 1 aromatic rings. The molecule has 1 heterocycles. The molecule has 0 radical (unpaired) electrons. The van der Waals surface area contributed by atoms with Crippen LogP contribution in [0.5, 0.6) is 0 Å². The first-order chi connectivity index (χ1) is 9.56. The summed E-state index contributed by atoms with van der Waals surface area (Å²) in [5.41, 5.74) is 3.99. The highest BCUT2D eigenvalue weighted by Gasteiger charge is 2.30. The maximum absolute atomic E-state index is 12.4. The molecule has 0 bridgehead atoms. The van der Waals surface area contributed by atoms with Crippen LogP contribution in [0.1, 0.15) is 62.0 Å². The zero-order valence-corrected chi connectivity index (χ0v) is 12.3. The topological polar surface area (TPSA) is 80.0 Å². The number of nitrogens with two attached hydrogens (primary N) is 1. The predicted molar refractivity (Wildman–Crippen MR) is 80.4 cm³/mol. The molecule has 20 heavy (non-hydrogen) atoms. The number of hydrogen-bond donors (Lipinski definition) is 3. The summed E-state index contributed by atoms with van der Waals surface area (Å²) >= 11 is 0. The van der Waals surface area contributed by atoms with Crippen molar-refractivity contribution in [2.24, 2.45) is 5.84 Å². The third kappa shape index (κ3) is 3.48. The van der Waals surface area contributed by atoms with Crippen molar-refractivity contribution < 1.29 is 4.79 Å². The highest BCUT2D eigenvalue weighted by atomic mass is 16.1. The van der Waals surface area contributed by atoms with Gasteiger partial charge in [0, 0.05) is 16.8 Å². The number of nitrogens with one attached hydrogen (secondary N) is 2. The second kappa shape index (κ2) is 6.22. The van der Waals surface area contributed by atoms with Gasteiger partial charge in [0.25, 0.3) is 5.91 Å². The number of nitrogen functional groups attached to an aromatic ring is 1. The summed E-state index contributed by atoms with van der Waals surface area (Å²) in [4.78, 5) is 16.8. The summed E-state index contributed by atoms with van der Waals surface area (Å²) in [6.07, 6.45) is 6.29. The summed E-state index contributed by atoms with van der Waals surface area (Å²) in [7, 11) is 0. The third-order valence-electron chi connectivity index (χ3n) is 3.92. The molecule has 1 fully saturated rings. The van der Waals surface area contributed by atoms with Crippen molar-refractivity contribution in [3.8, 4) is 0 Å². The minimum Gasteiger partial charge on any atom is -0.347 e. The number of aryl methyl sites for hydroxylation is 1. The molecule has 0 atom stereocenters. The summed E-state index contributed by atoms with van der Waals surface area (Å²) < 4.78 is 0. The highest BCUT2D eigenvalue weighted by Crippen LogP contribution is 2.29. The van der Waals surface area contributed by atoms with Gasteiger partial charge in [-0.3, -0.25) is 4.79 Å². The summed E-state index contributed by atoms with van der Waals surface area (Å²) in [6, 6.07) is 3.56. The number of carbonyl (C=O) groups excluding carboxylic acids is 1. The monoisotopic (exact) mass is 276 g/mol. The van der Waals surface area contributed by atoms with Gasteiger partial charge in [-0.05, 0) is 38.3 Å². The van der Waals surface area contributed by atoms with Crippen molar-refractivity contribution in [2.75, 3.05) is 5.43 Å². The Bertz CT molecular complexity index is 481. The van der Waals surface area contributed by atoms with E-state index in [4.69, 9.17) is 5.84 Å². The van der Waals surface area contributed by atoms with Crippen LogP contribution in [-0.2, 0) is 6.42 Å². The minimum absolute atomic E-state index is 0.0364. The van der Waals surface area contributed by atoms with Gasteiger partial charge in [0.1, 0.15) is 5.82 Å². The van der Waals surface area contributed by atoms with Crippen LogP contribution in [0, 0.1) is 0 Å². The zero-order chi connectivity index (χ0) is 14.6. The largest absolute Gasteiger partial charge is 0.347 e. The normalized spacial score (nSPS) is 16.9. The lowest BCUT2D eigenvalue weighted by Gasteiger charge is -2.25. The average molecular weight is 276 g/mol. The molecule has 5 nitrogen and oxygen atoms in total. The molecule has 0 saturated heterocycles. The number of amides is 1. The van der Waals surface area contributed by atoms with E-state index < -0.39 is 0 Å². The molecule has 1 saturated carbocycles. The van der Waals surface area contributed by atoms with E-state index in [2.05, 4.69) is 29.6 Å². The molecule has 1 aromatic heterocycles. The quantitative estimate of drug-likeness (QED) is 0.570. The fraction of sp³-hybridized carbons (Fsp3) is 0.600. The molecular weight excluding hydrogens is 252 g/mol. The summed E-state index contributed by atoms with van der Waals surface area (Å²) in [5, 5.41) is 3.16. The number of hydrogen-bond acceptors (Lipinski definition) is 4. The molecule has 4 N–H and O–H groups in total. The van der Waals surface area contributed by atoms with Crippen LogP contribution >= 0.6 is 0 Å². The van der Waals surface area contributed by atoms with E-state index in [1.165, 1.54) is 12.8 Å². The van der Waals surface area contributed by atoms with Crippen LogP contribution in [-0.4, -0.2) is 16.4 Å². The Balaban J connectivity index is 2.17. The van der Waals surface area contributed by atoms with E-state index in [-0.39, 0.29) is 11.4 Å². The van der Waals surface area contributed by atoms with Crippen LogP contribution in [0.3, 0.4) is 0 Å². The fourth-order valence-corrected chi connectivity index (χ4v) is 2.80. The van der Waals surface area contributed by atoms with E-state index in [9.17, 15) is 4.79 Å². The molecule has 1 amide bonds. The zero-order valence-electron chi connectivity index (χ0n) is 12.3. The van der Waals surface area contributed by atoms with Crippen molar-refractivity contribution >= 4 is 11.7 Å². The molecule has 0 spiro atoms. The molecule has 0 aromatic carbocycles. The number of carbonyl (C=O) groups is 1. The Hall–Kier alpha value is -1.62. The first kappa shape index (κ1) is 14.8. The van der Waals surface area contributed by atoms with Crippen LogP contribution in [0.15, 0.2) is 12.1 Å². The van der Waals surface area contributed by atoms with Gasteiger partial charge in [0.15, 0.2) is 0 Å². The van der Waals surface area contributed by atoms with Crippen LogP contribution in [0.4, 0.5) is 5.82 Å². The maximum Gasteiger partial charge on any atom is 0.251 e. The summed E-state index contributed by atoms with van der Waals surface area (Å²) in [5.74, 6) is 5.93. The van der Waals surface area contributed by atoms with E-state index in [1.54, 1.807) is 6.07 Å². The smallest absolute Gasteiger partial charge is 0.251 e. The van der Waals surface area contributed by atoms with Gasteiger partial charge in [0.2, 0.25) is 0 Å². The maximum atomic E-state index is 12.4. The lowest BCUT2D eigenvalue weighted by atomic mass is 10.00. The molecule has 0 aliphatic heterocycles. The highest BCUT2D eigenvalue weighted by molar-refractivity contribution is 5.95. The number of nitrogens with zero attached hydrogens (tertiary/aromatic N) is 1. The van der Waals surface area contributed by atoms with Gasteiger partial charge in [-0.1, -0.05) is 26.2 Å². The molecule has 5 heteroatoms. The van der Waals surface area contributed by atoms with E-state index >= 15 is 0 Å². The molecule has 0 unspecified atom stereocenters. The Morgan fingerprint density at radius 1 is 1.40 bits per heavy atom. The number of aromatic nitrogens is 1. The van der Waals surface area contributed by atoms with Gasteiger partial charge >= 0.3 is 0 Å². The Morgan fingerprint density at radius 2 is 2.10 bits per heavy atom. The first-order valence-electron chi connectivity index (χ1n) is 7.36. The molecule has 110 valence electrons. The molecule has 1 aliphatic rings. The van der Waals surface area contributed by atoms with Gasteiger partial charge in [-0.25, -0.2) is 10.8 Å². The van der Waals surface area contributed by atoms with Gasteiger partial charge in [-0.2, -0.15) is 0 Å². The Morgan fingerprint density at radius 3 is 2.70 bits per heavy atom. The second-order valence-electron chi connectivity index (χ2n) is 5.85. The van der Waals surface area contributed by atoms with E-state index in [0.29, 0.717) is 11.4 Å². The SMILES string of the molecule is CCCc1cc(C(=O)NC2(C)CCCC2)cc(NN)n1. The summed E-state index contributed by atoms with van der Waals surface area (Å²) in [6.45, 7) is 4.21. The fourth-order valence-electron chi connectivity index (χ4n) is 2.80. The molecule has 2 rings (SSSR count). The van der Waals surface area contributed by atoms with Crippen molar-refractivity contribution in [3.63, 3.8) is 0 Å². The number of anilines is 1. The van der Waals surface area contributed by atoms with Gasteiger partial charge in [0.05, 0.1) is 0 Å². The van der Waals surface area contributed by atoms with Gasteiger partial charge < -0.3 is 10.7 Å². The second-order valence-corrected chi connectivity index (χ2v) is 5.85. The Kier molecular flexibility index (Phi) is 4.60. The third-order valence-corrected chi connectivity index (χ3v) is 3.92. The van der Waals surface area contributed by atoms with Crippen LogP contribution < -0.4 is 16.6 Å². The van der Waals surface area contributed by atoms with E-state index in [1.807, 2.05) is 6.07 Å². The molecule has 1 aliphatic carbocycles. The minimum atomic E-state index is -0.0679. The van der Waals surface area contributed by atoms with Gasteiger partial charge in [-0.15, -0.1) is 0 Å². The van der Waals surface area contributed by atoms with Crippen molar-refractivity contribution in [2.45, 2.75) is 57.9 Å². The van der Waals surface area contributed by atoms with E-state index in [0.717, 1.165) is 31.4 Å². The van der Waals surface area contributed by atoms with Crippen molar-refractivity contribution in [3.05, 3.63) is 23.4 Å². The van der Waals surface area contributed by atoms with Crippen molar-refractivity contribution in [1.29, 1.82) is 0 Å². The standard InChI is InChI=1S/C15H24N4O/c1-3-6-12-9-11(10-13(17-12)19-16)14(20)18-15(2)7-4-5-8-15/h9-10H,3-8,16H2,1-2H3,(H,17,19)(H,18,20). The van der Waals surface area contributed by atoms with Crippen LogP contribution in [0.2, 0.25) is 0 Å². The molecular formula is C15H24N4O. The predicted octanol–water partition coefficient (Wildman–Crippen LogP) is 2.38. The van der Waals surface area contributed by atoms with Crippen LogP contribution in [0.25, 0.3) is 0 Å². The number of rotatable bonds is 5. The number of pyridine rings is 1. The first-order valence-corrected chi connectivity index (χ1v) is 7.36. The lowest BCUT2D eigenvalue weighted by molar-refractivity contribution is 0.0908. The van der Waals surface area contributed by atoms with Crippen molar-refractivity contribution in [1.82, 2.24) is 10.3 Å². The number of hydrazine groups is 1. The Labute approximate surface area is 120 Å². The lowest BCUT2D eigenvalue weighted by Crippen LogP contribution is -2.43. The average Bonchev–Trinajstić information content (AvgIpc) is 2.85.